The Morgan fingerprint density at radius 1 is 1.32 bits per heavy atom. The number of nitrogens with two attached hydrogens (primary N) is 1. The van der Waals surface area contributed by atoms with Gasteiger partial charge in [0, 0.05) is 18.0 Å². The topological polar surface area (TPSA) is 47.3 Å². The van der Waals surface area contributed by atoms with Gasteiger partial charge in [-0.3, -0.25) is 0 Å². The lowest BCUT2D eigenvalue weighted by Crippen LogP contribution is -2.47. The quantitative estimate of drug-likeness (QED) is 0.857. The van der Waals surface area contributed by atoms with E-state index in [1.54, 1.807) is 7.11 Å². The maximum absolute atomic E-state index is 6.60. The SMILES string of the molecule is CNCC1(C(N)c2cc(C)c(OC)cc2C)CCC1. The van der Waals surface area contributed by atoms with E-state index >= 15 is 0 Å². The molecule has 0 spiro atoms. The van der Waals surface area contributed by atoms with Crippen LogP contribution in [0.4, 0.5) is 0 Å². The highest BCUT2D eigenvalue weighted by molar-refractivity contribution is 5.43. The molecule has 3 heteroatoms. The fourth-order valence-electron chi connectivity index (χ4n) is 3.28. The van der Waals surface area contributed by atoms with Crippen LogP contribution in [0, 0.1) is 19.3 Å². The lowest BCUT2D eigenvalue weighted by atomic mass is 9.62. The molecule has 1 aliphatic rings. The van der Waals surface area contributed by atoms with Crippen molar-refractivity contribution in [3.63, 3.8) is 0 Å². The summed E-state index contributed by atoms with van der Waals surface area (Å²) in [5, 5.41) is 3.31. The van der Waals surface area contributed by atoms with Crippen LogP contribution in [0.1, 0.15) is 42.0 Å². The number of ether oxygens (including phenoxy) is 1. The molecule has 0 bridgehead atoms. The highest BCUT2D eigenvalue weighted by Crippen LogP contribution is 2.49. The third-order valence-corrected chi connectivity index (χ3v) is 4.66. The van der Waals surface area contributed by atoms with Crippen LogP contribution in [-0.2, 0) is 0 Å². The highest BCUT2D eigenvalue weighted by atomic mass is 16.5. The molecule has 1 aromatic rings. The molecule has 1 atom stereocenters. The van der Waals surface area contributed by atoms with Crippen molar-refractivity contribution in [1.82, 2.24) is 5.32 Å². The van der Waals surface area contributed by atoms with Crippen LogP contribution in [0.15, 0.2) is 12.1 Å². The molecule has 0 aromatic heterocycles. The van der Waals surface area contributed by atoms with Crippen molar-refractivity contribution in [2.45, 2.75) is 39.2 Å². The van der Waals surface area contributed by atoms with Crippen molar-refractivity contribution in [3.05, 3.63) is 28.8 Å². The van der Waals surface area contributed by atoms with Gasteiger partial charge in [-0.2, -0.15) is 0 Å². The molecule has 19 heavy (non-hydrogen) atoms. The van der Waals surface area contributed by atoms with Gasteiger partial charge in [0.25, 0.3) is 0 Å². The molecule has 1 saturated carbocycles. The Labute approximate surface area is 116 Å². The molecule has 2 rings (SSSR count). The minimum atomic E-state index is 0.110. The predicted octanol–water partition coefficient (Wildman–Crippen LogP) is 2.70. The monoisotopic (exact) mass is 262 g/mol. The van der Waals surface area contributed by atoms with Gasteiger partial charge in [0.05, 0.1) is 7.11 Å². The summed E-state index contributed by atoms with van der Waals surface area (Å²) in [6.07, 6.45) is 3.74. The average Bonchev–Trinajstić information content (AvgIpc) is 2.35. The second kappa shape index (κ2) is 5.51. The zero-order valence-corrected chi connectivity index (χ0v) is 12.5. The standard InChI is InChI=1S/C16H26N2O/c1-11-9-14(19-4)12(2)8-13(11)15(17)16(10-18-3)6-5-7-16/h8-9,15,18H,5-7,10,17H2,1-4H3. The van der Waals surface area contributed by atoms with Crippen LogP contribution >= 0.6 is 0 Å². The summed E-state index contributed by atoms with van der Waals surface area (Å²) < 4.78 is 5.38. The molecule has 1 fully saturated rings. The fraction of sp³-hybridized carbons (Fsp3) is 0.625. The number of methoxy groups -OCH3 is 1. The average molecular weight is 262 g/mol. The first-order valence-corrected chi connectivity index (χ1v) is 7.09. The summed E-state index contributed by atoms with van der Waals surface area (Å²) in [6.45, 7) is 5.21. The minimum Gasteiger partial charge on any atom is -0.496 e. The Kier molecular flexibility index (Phi) is 4.16. The highest BCUT2D eigenvalue weighted by Gasteiger charge is 2.42. The molecule has 0 heterocycles. The van der Waals surface area contributed by atoms with Crippen molar-refractivity contribution >= 4 is 0 Å². The van der Waals surface area contributed by atoms with Crippen LogP contribution in [0.25, 0.3) is 0 Å². The van der Waals surface area contributed by atoms with Crippen molar-refractivity contribution < 1.29 is 4.74 Å². The zero-order valence-electron chi connectivity index (χ0n) is 12.5. The van der Waals surface area contributed by atoms with E-state index in [0.717, 1.165) is 17.9 Å². The van der Waals surface area contributed by atoms with Crippen molar-refractivity contribution in [1.29, 1.82) is 0 Å². The second-order valence-electron chi connectivity index (χ2n) is 5.90. The van der Waals surface area contributed by atoms with Gasteiger partial charge in [-0.15, -0.1) is 0 Å². The van der Waals surface area contributed by atoms with Gasteiger partial charge in [-0.25, -0.2) is 0 Å². The molecule has 106 valence electrons. The Morgan fingerprint density at radius 2 is 2.00 bits per heavy atom. The first kappa shape index (κ1) is 14.4. The van der Waals surface area contributed by atoms with Crippen LogP contribution in [0.3, 0.4) is 0 Å². The fourth-order valence-corrected chi connectivity index (χ4v) is 3.28. The lowest BCUT2D eigenvalue weighted by Gasteiger charge is -2.47. The molecular weight excluding hydrogens is 236 g/mol. The van der Waals surface area contributed by atoms with Gasteiger partial charge in [0.1, 0.15) is 5.75 Å². The third kappa shape index (κ3) is 2.49. The largest absolute Gasteiger partial charge is 0.496 e. The predicted molar refractivity (Wildman–Crippen MR) is 79.6 cm³/mol. The molecule has 1 aromatic carbocycles. The normalized spacial score (nSPS) is 18.8. The summed E-state index contributed by atoms with van der Waals surface area (Å²) in [5.74, 6) is 0.949. The van der Waals surface area contributed by atoms with E-state index in [0.29, 0.717) is 0 Å². The van der Waals surface area contributed by atoms with E-state index in [2.05, 4.69) is 31.3 Å². The first-order chi connectivity index (χ1) is 9.04. The van der Waals surface area contributed by atoms with E-state index in [9.17, 15) is 0 Å². The third-order valence-electron chi connectivity index (χ3n) is 4.66. The van der Waals surface area contributed by atoms with Crippen molar-refractivity contribution in [2.75, 3.05) is 20.7 Å². The number of hydrogen-bond acceptors (Lipinski definition) is 3. The summed E-state index contributed by atoms with van der Waals surface area (Å²) >= 11 is 0. The van der Waals surface area contributed by atoms with E-state index in [1.165, 1.54) is 30.4 Å². The van der Waals surface area contributed by atoms with Gasteiger partial charge in [0.15, 0.2) is 0 Å². The van der Waals surface area contributed by atoms with Crippen LogP contribution in [-0.4, -0.2) is 20.7 Å². The molecule has 1 aliphatic carbocycles. The Bertz CT molecular complexity index is 452. The Hall–Kier alpha value is -1.06. The van der Waals surface area contributed by atoms with Crippen molar-refractivity contribution in [3.8, 4) is 5.75 Å². The molecule has 0 saturated heterocycles. The number of benzene rings is 1. The number of hydrogen-bond donors (Lipinski definition) is 2. The van der Waals surface area contributed by atoms with E-state index in [1.807, 2.05) is 7.05 Å². The maximum Gasteiger partial charge on any atom is 0.122 e. The lowest BCUT2D eigenvalue weighted by molar-refractivity contribution is 0.0944. The molecule has 0 radical (unpaired) electrons. The summed E-state index contributed by atoms with van der Waals surface area (Å²) in [5.41, 5.74) is 10.5. The van der Waals surface area contributed by atoms with Crippen LogP contribution in [0.2, 0.25) is 0 Å². The van der Waals surface area contributed by atoms with E-state index in [-0.39, 0.29) is 11.5 Å². The summed E-state index contributed by atoms with van der Waals surface area (Å²) in [4.78, 5) is 0. The van der Waals surface area contributed by atoms with Crippen molar-refractivity contribution in [2.24, 2.45) is 11.1 Å². The maximum atomic E-state index is 6.60. The minimum absolute atomic E-state index is 0.110. The number of aryl methyl sites for hydroxylation is 2. The molecule has 3 N–H and O–H groups in total. The number of nitrogens with one attached hydrogen (secondary N) is 1. The summed E-state index contributed by atoms with van der Waals surface area (Å²) in [7, 11) is 3.73. The molecule has 0 aliphatic heterocycles. The van der Waals surface area contributed by atoms with E-state index in [4.69, 9.17) is 10.5 Å². The first-order valence-electron chi connectivity index (χ1n) is 7.09. The van der Waals surface area contributed by atoms with Crippen LogP contribution < -0.4 is 15.8 Å². The summed E-state index contributed by atoms with van der Waals surface area (Å²) in [6, 6.07) is 4.42. The zero-order chi connectivity index (χ0) is 14.0. The smallest absolute Gasteiger partial charge is 0.122 e. The van der Waals surface area contributed by atoms with E-state index < -0.39 is 0 Å². The Morgan fingerprint density at radius 3 is 2.47 bits per heavy atom. The van der Waals surface area contributed by atoms with Gasteiger partial charge in [-0.05, 0) is 56.5 Å². The number of rotatable bonds is 5. The molecular formula is C16H26N2O. The van der Waals surface area contributed by atoms with Gasteiger partial charge >= 0.3 is 0 Å². The van der Waals surface area contributed by atoms with Crippen LogP contribution in [0.5, 0.6) is 5.75 Å². The Balaban J connectivity index is 2.33. The van der Waals surface area contributed by atoms with Gasteiger partial charge < -0.3 is 15.8 Å². The molecule has 1 unspecified atom stereocenters. The molecule has 0 amide bonds. The second-order valence-corrected chi connectivity index (χ2v) is 5.90. The molecule has 3 nitrogen and oxygen atoms in total. The van der Waals surface area contributed by atoms with Gasteiger partial charge in [0.2, 0.25) is 0 Å². The van der Waals surface area contributed by atoms with Gasteiger partial charge in [-0.1, -0.05) is 12.5 Å².